The molecular weight excluding hydrogens is 849 g/mol. The van der Waals surface area contributed by atoms with Crippen molar-refractivity contribution in [2.24, 2.45) is 5.73 Å². The van der Waals surface area contributed by atoms with Crippen LogP contribution >= 0.6 is 11.3 Å². The summed E-state index contributed by atoms with van der Waals surface area (Å²) in [7, 11) is 0. The maximum atomic E-state index is 15.0. The number of amides is 2. The van der Waals surface area contributed by atoms with Crippen molar-refractivity contribution in [3.8, 4) is 11.1 Å². The number of halogens is 8. The van der Waals surface area contributed by atoms with Crippen LogP contribution in [0, 0.1) is 17.5 Å². The number of hydrogen-bond donors (Lipinski definition) is 3. The third kappa shape index (κ3) is 7.75. The van der Waals surface area contributed by atoms with Crippen molar-refractivity contribution in [3.05, 3.63) is 118 Å². The number of alkyl halides is 5. The minimum Gasteiger partial charge on any atom is -0.366 e. The third-order valence-corrected chi connectivity index (χ3v) is 11.9. The molecule has 0 radical (unpaired) electrons. The van der Waals surface area contributed by atoms with Gasteiger partial charge in [0.15, 0.2) is 16.5 Å². The van der Waals surface area contributed by atoms with Gasteiger partial charge in [-0.1, -0.05) is 29.5 Å². The zero-order valence-corrected chi connectivity index (χ0v) is 32.9. The van der Waals surface area contributed by atoms with Crippen LogP contribution in [0.3, 0.4) is 0 Å². The standard InChI is InChI=1S/C41H32F8N10O2S/c42-22-13-20(14-23(43)17-22)15-30(51-32(60)19-59-35-24(7-8-40(35,45)46)34(56-59)41(47,48)49)33-25(21-5-6-27(44)26(16-21)36(50)61)18-31-37(54-33)55-39(62-31)58-11-9-57(10-12-58)38-52-28-3-1-2-4-29(28)53-38/h1-6,13-14,16-18,30H,7-12,15,19H2,(H2,50,61)(H,51,60)(H,52,53)/t30-/m0/s1. The first-order valence-corrected chi connectivity index (χ1v) is 20.0. The zero-order chi connectivity index (χ0) is 43.7. The van der Waals surface area contributed by atoms with Crippen LogP contribution in [-0.2, 0) is 36.3 Å². The lowest BCUT2D eigenvalue weighted by molar-refractivity contribution is -0.142. The summed E-state index contributed by atoms with van der Waals surface area (Å²) >= 11 is 1.27. The molecule has 21 heteroatoms. The number of rotatable bonds is 10. The smallest absolute Gasteiger partial charge is 0.366 e. The van der Waals surface area contributed by atoms with Crippen molar-refractivity contribution >= 4 is 55.6 Å². The monoisotopic (exact) mass is 880 g/mol. The van der Waals surface area contributed by atoms with E-state index < -0.39 is 95.7 Å². The van der Waals surface area contributed by atoms with Crippen LogP contribution in [0.4, 0.5) is 46.2 Å². The number of nitrogens with zero attached hydrogens (tertiary/aromatic N) is 7. The van der Waals surface area contributed by atoms with Crippen molar-refractivity contribution in [3.63, 3.8) is 0 Å². The number of aromatic amines is 1. The summed E-state index contributed by atoms with van der Waals surface area (Å²) in [6.07, 6.45) is -7.00. The lowest BCUT2D eigenvalue weighted by Gasteiger charge is -2.34. The molecular formula is C41H32F8N10O2S. The van der Waals surface area contributed by atoms with Gasteiger partial charge in [-0.25, -0.2) is 23.1 Å². The number of para-hydroxylation sites is 2. The summed E-state index contributed by atoms with van der Waals surface area (Å²) in [6.45, 7) is 1.14. The summed E-state index contributed by atoms with van der Waals surface area (Å²) in [4.78, 5) is 47.9. The van der Waals surface area contributed by atoms with Gasteiger partial charge < -0.3 is 25.8 Å². The van der Waals surface area contributed by atoms with Gasteiger partial charge in [0.05, 0.1) is 33.0 Å². The molecule has 0 unspecified atom stereocenters. The van der Waals surface area contributed by atoms with E-state index in [1.165, 1.54) is 17.4 Å². The highest BCUT2D eigenvalue weighted by atomic mass is 32.1. The number of imidazole rings is 1. The second kappa shape index (κ2) is 15.4. The molecule has 0 bridgehead atoms. The van der Waals surface area contributed by atoms with E-state index in [0.29, 0.717) is 46.8 Å². The van der Waals surface area contributed by atoms with Crippen LogP contribution in [0.5, 0.6) is 0 Å². The van der Waals surface area contributed by atoms with E-state index >= 15 is 8.78 Å². The Morgan fingerprint density at radius 1 is 0.919 bits per heavy atom. The first kappa shape index (κ1) is 40.7. The Morgan fingerprint density at radius 3 is 2.35 bits per heavy atom. The Bertz CT molecular complexity index is 2850. The Kier molecular flexibility index (Phi) is 10.1. The fourth-order valence-corrected chi connectivity index (χ4v) is 9.02. The Morgan fingerprint density at radius 2 is 1.65 bits per heavy atom. The second-order valence-corrected chi connectivity index (χ2v) is 16.0. The highest BCUT2D eigenvalue weighted by molar-refractivity contribution is 7.22. The minimum atomic E-state index is -5.09. The van der Waals surface area contributed by atoms with E-state index in [9.17, 15) is 35.9 Å². The van der Waals surface area contributed by atoms with Crippen molar-refractivity contribution in [2.75, 3.05) is 36.0 Å². The number of piperazine rings is 1. The normalized spacial score (nSPS) is 15.7. The molecule has 7 aromatic rings. The summed E-state index contributed by atoms with van der Waals surface area (Å²) in [5, 5.41) is 6.56. The fourth-order valence-electron chi connectivity index (χ4n) is 8.02. The number of carbonyl (C=O) groups excluding carboxylic acids is 2. The average molecular weight is 881 g/mol. The molecule has 1 atom stereocenters. The predicted octanol–water partition coefficient (Wildman–Crippen LogP) is 7.43. The number of fused-ring (bicyclic) bond motifs is 3. The van der Waals surface area contributed by atoms with Gasteiger partial charge in [0.1, 0.15) is 29.7 Å². The van der Waals surface area contributed by atoms with Gasteiger partial charge in [-0.3, -0.25) is 14.3 Å². The lowest BCUT2D eigenvalue weighted by Crippen LogP contribution is -2.46. The van der Waals surface area contributed by atoms with Crippen LogP contribution < -0.4 is 20.9 Å². The topological polar surface area (TPSA) is 151 Å². The predicted molar refractivity (Wildman–Crippen MR) is 212 cm³/mol. The van der Waals surface area contributed by atoms with Gasteiger partial charge in [0, 0.05) is 49.8 Å². The maximum absolute atomic E-state index is 15.0. The molecule has 1 aliphatic heterocycles. The van der Waals surface area contributed by atoms with Crippen molar-refractivity contribution in [1.82, 2.24) is 35.0 Å². The molecule has 1 fully saturated rings. The number of nitrogens with two attached hydrogens (primary N) is 1. The van der Waals surface area contributed by atoms with Crippen LogP contribution in [0.2, 0.25) is 0 Å². The van der Waals surface area contributed by atoms with E-state index in [1.807, 2.05) is 29.2 Å². The highest BCUT2D eigenvalue weighted by Crippen LogP contribution is 2.46. The van der Waals surface area contributed by atoms with Crippen LogP contribution in [-0.4, -0.2) is 67.7 Å². The molecule has 0 saturated carbocycles. The fraction of sp³-hybridized carbons (Fsp3) is 0.268. The SMILES string of the molecule is NC(=O)c1cc(-c2cc3sc(N4CCN(c5nc6ccccc6[nH]5)CC4)nc3nc2[C@H](Cc2cc(F)cc(F)c2)NC(=O)Cn2nc(C(F)(F)F)c3c2C(F)(F)CC3)ccc1F. The maximum Gasteiger partial charge on any atom is 0.435 e. The molecule has 62 heavy (non-hydrogen) atoms. The molecule has 1 saturated heterocycles. The number of anilines is 2. The molecule has 3 aromatic carbocycles. The first-order chi connectivity index (χ1) is 29.5. The van der Waals surface area contributed by atoms with Crippen molar-refractivity contribution in [1.29, 1.82) is 0 Å². The number of carbonyl (C=O) groups is 2. The van der Waals surface area contributed by atoms with Gasteiger partial charge in [-0.15, -0.1) is 0 Å². The average Bonchev–Trinajstić information content (AvgIpc) is 4.00. The third-order valence-electron chi connectivity index (χ3n) is 10.8. The first-order valence-electron chi connectivity index (χ1n) is 19.2. The van der Waals surface area contributed by atoms with E-state index in [2.05, 4.69) is 20.3 Å². The molecule has 4 N–H and O–H groups in total. The quantitative estimate of drug-likeness (QED) is 0.120. The second-order valence-electron chi connectivity index (χ2n) is 15.0. The molecule has 1 aliphatic carbocycles. The Balaban J connectivity index is 1.10. The van der Waals surface area contributed by atoms with E-state index in [0.717, 1.165) is 41.2 Å². The van der Waals surface area contributed by atoms with Crippen molar-refractivity contribution in [2.45, 2.75) is 43.9 Å². The summed E-state index contributed by atoms with van der Waals surface area (Å²) < 4.78 is 117. The lowest BCUT2D eigenvalue weighted by atomic mass is 9.94. The molecule has 12 nitrogen and oxygen atoms in total. The highest BCUT2D eigenvalue weighted by Gasteiger charge is 2.50. The van der Waals surface area contributed by atoms with Gasteiger partial charge >= 0.3 is 6.18 Å². The van der Waals surface area contributed by atoms with Crippen LogP contribution in [0.15, 0.2) is 66.7 Å². The molecule has 2 amide bonds. The summed E-state index contributed by atoms with van der Waals surface area (Å²) in [6, 6.07) is 14.0. The largest absolute Gasteiger partial charge is 0.435 e. The zero-order valence-electron chi connectivity index (χ0n) is 32.0. The number of nitrogens with one attached hydrogen (secondary N) is 2. The molecule has 2 aliphatic rings. The Hall–Kier alpha value is -6.64. The van der Waals surface area contributed by atoms with Gasteiger partial charge in [0.2, 0.25) is 11.9 Å². The number of hydrogen-bond acceptors (Lipinski definition) is 9. The molecule has 4 aromatic heterocycles. The molecule has 0 spiro atoms. The number of thiazole rings is 1. The van der Waals surface area contributed by atoms with Gasteiger partial charge in [-0.05, 0) is 66.4 Å². The van der Waals surface area contributed by atoms with Gasteiger partial charge in [-0.2, -0.15) is 32.0 Å². The van der Waals surface area contributed by atoms with E-state index in [4.69, 9.17) is 20.7 Å². The van der Waals surface area contributed by atoms with Crippen molar-refractivity contribution < 1.29 is 44.7 Å². The number of H-pyrrole nitrogens is 1. The van der Waals surface area contributed by atoms with Crippen LogP contribution in [0.25, 0.3) is 32.5 Å². The molecule has 320 valence electrons. The molecule has 9 rings (SSSR count). The van der Waals surface area contributed by atoms with E-state index in [-0.39, 0.29) is 28.0 Å². The minimum absolute atomic E-state index is 0.00439. The number of aromatic nitrogens is 6. The summed E-state index contributed by atoms with van der Waals surface area (Å²) in [5.41, 5.74) is 3.98. The van der Waals surface area contributed by atoms with E-state index in [1.54, 1.807) is 6.07 Å². The van der Waals surface area contributed by atoms with Gasteiger partial charge in [0.25, 0.3) is 11.8 Å². The Labute approximate surface area is 349 Å². The number of benzene rings is 3. The number of primary amides is 1. The molecule has 5 heterocycles. The van der Waals surface area contributed by atoms with Crippen LogP contribution in [0.1, 0.15) is 51.0 Å². The number of pyridine rings is 1. The summed E-state index contributed by atoms with van der Waals surface area (Å²) in [5.74, 6) is -8.04.